The molecule has 6 aromatic rings. The summed E-state index contributed by atoms with van der Waals surface area (Å²) in [4.78, 5) is 16.0. The molecular formula is C30H17N6+. The van der Waals surface area contributed by atoms with Gasteiger partial charge in [0.1, 0.15) is 11.3 Å². The van der Waals surface area contributed by atoms with Gasteiger partial charge in [-0.15, -0.1) is 0 Å². The third-order valence-electron chi connectivity index (χ3n) is 8.36. The summed E-state index contributed by atoms with van der Waals surface area (Å²) in [5, 5.41) is 6.92. The van der Waals surface area contributed by atoms with Crippen LogP contribution in [0.3, 0.4) is 0 Å². The smallest absolute Gasteiger partial charge is 0.240 e. The van der Waals surface area contributed by atoms with Gasteiger partial charge in [0.05, 0.1) is 11.1 Å². The standard InChI is InChI=1S/C30H17N6/c1-30-34-24-18-10-4-6-12-20(18)26(34)32-28-22-14-16-8-2-3-9-17(16)15-23(22)29(36(28)30)33-27-21-13-7-5-11-19(21)25(31-24)35(27)30/h2-15H,1H3/q+1. The summed E-state index contributed by atoms with van der Waals surface area (Å²) in [7, 11) is 0. The monoisotopic (exact) mass is 461 g/mol. The van der Waals surface area contributed by atoms with Crippen molar-refractivity contribution in [3.63, 3.8) is 0 Å². The van der Waals surface area contributed by atoms with Crippen LogP contribution in [0, 0.1) is 0 Å². The number of fused-ring (bicyclic) bond motifs is 10. The minimum atomic E-state index is -0.603. The Labute approximate surface area is 204 Å². The van der Waals surface area contributed by atoms with Crippen molar-refractivity contribution in [2.24, 2.45) is 15.0 Å². The molecule has 0 aliphatic carbocycles. The summed E-state index contributed by atoms with van der Waals surface area (Å²) in [6, 6.07) is 30.1. The van der Waals surface area contributed by atoms with E-state index in [1.807, 2.05) is 0 Å². The maximum atomic E-state index is 5.34. The molecule has 10 rings (SSSR count). The summed E-state index contributed by atoms with van der Waals surface area (Å²) in [5.74, 6) is 3.21. The Kier molecular flexibility index (Phi) is 2.62. The molecule has 0 radical (unpaired) electrons. The molecule has 4 aromatic carbocycles. The Morgan fingerprint density at radius 1 is 0.611 bits per heavy atom. The second kappa shape index (κ2) is 5.36. The first-order valence-corrected chi connectivity index (χ1v) is 12.2. The zero-order valence-corrected chi connectivity index (χ0v) is 19.3. The molecule has 36 heavy (non-hydrogen) atoms. The van der Waals surface area contributed by atoms with E-state index in [0.29, 0.717) is 0 Å². The van der Waals surface area contributed by atoms with Gasteiger partial charge in [-0.1, -0.05) is 70.6 Å². The molecule has 1 atom stereocenters. The molecule has 0 saturated carbocycles. The number of hydrogen-bond donors (Lipinski definition) is 0. The lowest BCUT2D eigenvalue weighted by atomic mass is 10.0. The van der Waals surface area contributed by atoms with Crippen LogP contribution in [0.5, 0.6) is 0 Å². The van der Waals surface area contributed by atoms with E-state index in [-0.39, 0.29) is 0 Å². The van der Waals surface area contributed by atoms with Crippen molar-refractivity contribution in [3.05, 3.63) is 107 Å². The van der Waals surface area contributed by atoms with Gasteiger partial charge in [-0.05, 0) is 35.0 Å². The minimum Gasteiger partial charge on any atom is -0.240 e. The third-order valence-corrected chi connectivity index (χ3v) is 8.36. The number of hydrogen-bond acceptors (Lipinski definition) is 3. The normalized spacial score (nSPS) is 19.9. The highest BCUT2D eigenvalue weighted by molar-refractivity contribution is 6.19. The summed E-state index contributed by atoms with van der Waals surface area (Å²) in [6.07, 6.45) is 0. The molecule has 6 heteroatoms. The predicted octanol–water partition coefficient (Wildman–Crippen LogP) is 4.69. The largest absolute Gasteiger partial charge is 0.277 e. The average Bonchev–Trinajstić information content (AvgIpc) is 3.53. The topological polar surface area (TPSA) is 49.9 Å². The molecule has 1 unspecified atom stereocenters. The van der Waals surface area contributed by atoms with Crippen molar-refractivity contribution >= 4 is 55.6 Å². The number of nitrogens with zero attached hydrogens (tertiary/aromatic N) is 6. The zero-order valence-electron chi connectivity index (χ0n) is 19.3. The van der Waals surface area contributed by atoms with E-state index < -0.39 is 5.79 Å². The molecule has 0 saturated heterocycles. The van der Waals surface area contributed by atoms with E-state index in [0.717, 1.165) is 67.0 Å². The van der Waals surface area contributed by atoms with Gasteiger partial charge >= 0.3 is 0 Å². The fourth-order valence-corrected chi connectivity index (χ4v) is 6.85. The number of aliphatic imine (C=N–C) groups is 1. The molecule has 0 N–H and O–H groups in total. The molecule has 0 fully saturated rings. The number of amidine groups is 2. The van der Waals surface area contributed by atoms with Gasteiger partial charge in [-0.25, -0.2) is 14.1 Å². The van der Waals surface area contributed by atoms with Crippen LogP contribution in [-0.4, -0.2) is 25.4 Å². The van der Waals surface area contributed by atoms with Crippen molar-refractivity contribution in [1.29, 1.82) is 0 Å². The van der Waals surface area contributed by atoms with Crippen LogP contribution in [0.1, 0.15) is 18.1 Å². The Morgan fingerprint density at radius 3 is 1.86 bits per heavy atom. The van der Waals surface area contributed by atoms with Crippen LogP contribution in [0.2, 0.25) is 0 Å². The van der Waals surface area contributed by atoms with Gasteiger partial charge in [0.25, 0.3) is 17.5 Å². The third kappa shape index (κ3) is 1.66. The molecule has 0 amide bonds. The van der Waals surface area contributed by atoms with Gasteiger partial charge in [-0.2, -0.15) is 4.58 Å². The molecule has 6 heterocycles. The minimum absolute atomic E-state index is 0.603. The van der Waals surface area contributed by atoms with E-state index in [4.69, 9.17) is 15.0 Å². The van der Waals surface area contributed by atoms with Gasteiger partial charge < -0.3 is 0 Å². The first kappa shape index (κ1) is 17.6. The summed E-state index contributed by atoms with van der Waals surface area (Å²) >= 11 is 0. The van der Waals surface area contributed by atoms with E-state index >= 15 is 0 Å². The lowest BCUT2D eigenvalue weighted by Gasteiger charge is -2.38. The molecule has 6 nitrogen and oxygen atoms in total. The van der Waals surface area contributed by atoms with E-state index in [1.54, 1.807) is 0 Å². The Balaban J connectivity index is 1.52. The second-order valence-corrected chi connectivity index (χ2v) is 10.1. The van der Waals surface area contributed by atoms with E-state index in [1.165, 1.54) is 10.8 Å². The van der Waals surface area contributed by atoms with Crippen LogP contribution >= 0.6 is 0 Å². The number of benzene rings is 4. The fraction of sp³-hybridized carbons (Fsp3) is 0.0667. The van der Waals surface area contributed by atoms with Gasteiger partial charge in [-0.3, -0.25) is 0 Å². The highest BCUT2D eigenvalue weighted by Crippen LogP contribution is 2.49. The van der Waals surface area contributed by atoms with E-state index in [2.05, 4.69) is 106 Å². The highest BCUT2D eigenvalue weighted by Gasteiger charge is 2.56. The molecular weight excluding hydrogens is 444 g/mol. The molecule has 4 aliphatic rings. The Bertz CT molecular complexity index is 2280. The van der Waals surface area contributed by atoms with Crippen molar-refractivity contribution in [2.75, 3.05) is 0 Å². The average molecular weight is 462 g/mol. The number of rotatable bonds is 0. The summed E-state index contributed by atoms with van der Waals surface area (Å²) < 4.78 is 6.96. The van der Waals surface area contributed by atoms with Crippen LogP contribution in [-0.2, 0) is 5.79 Å². The van der Waals surface area contributed by atoms with Crippen molar-refractivity contribution in [2.45, 2.75) is 12.7 Å². The molecule has 4 aliphatic heterocycles. The first-order valence-electron chi connectivity index (χ1n) is 12.2. The van der Waals surface area contributed by atoms with Gasteiger partial charge in [0.15, 0.2) is 0 Å². The molecule has 2 aromatic heterocycles. The van der Waals surface area contributed by atoms with Crippen molar-refractivity contribution in [3.8, 4) is 0 Å². The number of aromatic nitrogens is 2. The molecule has 166 valence electrons. The lowest BCUT2D eigenvalue weighted by Crippen LogP contribution is -2.62. The van der Waals surface area contributed by atoms with E-state index in [9.17, 15) is 0 Å². The SMILES string of the molecule is CC12n3c4c5ccccc5c3N=c3c5ccccc5c(n31)=NC1=[N+]2C(=N4)c2cc3ccccc3cc21. The summed E-state index contributed by atoms with van der Waals surface area (Å²) in [5.41, 5.74) is 4.17. The zero-order chi connectivity index (χ0) is 23.3. The van der Waals surface area contributed by atoms with Crippen molar-refractivity contribution < 1.29 is 4.58 Å². The van der Waals surface area contributed by atoms with Crippen LogP contribution in [0.25, 0.3) is 32.3 Å². The van der Waals surface area contributed by atoms with Crippen LogP contribution in [0.4, 0.5) is 11.6 Å². The quantitative estimate of drug-likeness (QED) is 0.295. The van der Waals surface area contributed by atoms with Gasteiger partial charge in [0.2, 0.25) is 11.3 Å². The van der Waals surface area contributed by atoms with Crippen LogP contribution in [0.15, 0.2) is 99.9 Å². The maximum absolute atomic E-state index is 5.34. The van der Waals surface area contributed by atoms with Crippen molar-refractivity contribution in [1.82, 2.24) is 9.13 Å². The highest BCUT2D eigenvalue weighted by atomic mass is 15.6. The predicted molar refractivity (Wildman–Crippen MR) is 139 cm³/mol. The summed E-state index contributed by atoms with van der Waals surface area (Å²) in [6.45, 7) is 2.29. The second-order valence-electron chi connectivity index (χ2n) is 10.1. The fourth-order valence-electron chi connectivity index (χ4n) is 6.85. The Morgan fingerprint density at radius 2 is 1.17 bits per heavy atom. The maximum Gasteiger partial charge on any atom is 0.277 e. The Hall–Kier alpha value is -4.84. The van der Waals surface area contributed by atoms with Crippen LogP contribution < -0.4 is 11.0 Å². The molecule has 0 bridgehead atoms. The molecule has 0 spiro atoms. The van der Waals surface area contributed by atoms with Gasteiger partial charge in [0, 0.05) is 28.5 Å². The first-order chi connectivity index (χ1) is 17.7. The lowest BCUT2D eigenvalue weighted by molar-refractivity contribution is -0.550.